The van der Waals surface area contributed by atoms with Crippen molar-refractivity contribution in [1.29, 1.82) is 0 Å². The Bertz CT molecular complexity index is 624. The molecule has 0 aliphatic rings. The molecular weight excluding hydrogens is 326 g/mol. The normalized spacial score (nSPS) is 12.6. The number of rotatable bonds is 4. The van der Waals surface area contributed by atoms with Crippen LogP contribution in [0.1, 0.15) is 18.3 Å². The molecule has 1 atom stereocenters. The highest BCUT2D eigenvalue weighted by Crippen LogP contribution is 2.25. The standard InChI is InChI=1S/C13H16BrN3OS/c1-3-17-11(13(14)9(2)16-17)8-19(18)12-7-5-4-6-10(12)15/h4-7H,3,8,15H2,1-2H3. The van der Waals surface area contributed by atoms with Gasteiger partial charge in [0, 0.05) is 12.2 Å². The van der Waals surface area contributed by atoms with E-state index in [9.17, 15) is 4.21 Å². The maximum atomic E-state index is 12.4. The zero-order valence-electron chi connectivity index (χ0n) is 10.9. The number of halogens is 1. The van der Waals surface area contributed by atoms with Crippen LogP contribution in [0.25, 0.3) is 0 Å². The van der Waals surface area contributed by atoms with Crippen molar-refractivity contribution in [3.05, 3.63) is 40.1 Å². The number of nitrogens with two attached hydrogens (primary N) is 1. The summed E-state index contributed by atoms with van der Waals surface area (Å²) in [7, 11) is -1.17. The molecule has 19 heavy (non-hydrogen) atoms. The molecule has 2 N–H and O–H groups in total. The van der Waals surface area contributed by atoms with E-state index in [-0.39, 0.29) is 0 Å². The van der Waals surface area contributed by atoms with Crippen molar-refractivity contribution in [1.82, 2.24) is 9.78 Å². The summed E-state index contributed by atoms with van der Waals surface area (Å²) < 4.78 is 15.2. The predicted octanol–water partition coefficient (Wildman–Crippen LogP) is 2.86. The minimum atomic E-state index is -1.17. The van der Waals surface area contributed by atoms with E-state index in [0.717, 1.165) is 22.4 Å². The van der Waals surface area contributed by atoms with Crippen LogP contribution >= 0.6 is 15.9 Å². The second-order valence-corrected chi connectivity index (χ2v) is 6.40. The Morgan fingerprint density at radius 3 is 2.74 bits per heavy atom. The molecule has 2 aromatic rings. The summed E-state index contributed by atoms with van der Waals surface area (Å²) in [5.74, 6) is 0.406. The maximum absolute atomic E-state index is 12.4. The molecule has 0 aliphatic carbocycles. The summed E-state index contributed by atoms with van der Waals surface area (Å²) in [5, 5.41) is 4.40. The van der Waals surface area contributed by atoms with Crippen molar-refractivity contribution in [3.63, 3.8) is 0 Å². The van der Waals surface area contributed by atoms with E-state index in [1.165, 1.54) is 0 Å². The van der Waals surface area contributed by atoms with E-state index in [1.54, 1.807) is 12.1 Å². The number of nitrogen functional groups attached to an aromatic ring is 1. The minimum Gasteiger partial charge on any atom is -0.398 e. The smallest absolute Gasteiger partial charge is 0.0739 e. The van der Waals surface area contributed by atoms with E-state index in [0.29, 0.717) is 16.3 Å². The zero-order valence-corrected chi connectivity index (χ0v) is 13.3. The largest absolute Gasteiger partial charge is 0.398 e. The lowest BCUT2D eigenvalue weighted by Gasteiger charge is -2.07. The Morgan fingerprint density at radius 1 is 1.42 bits per heavy atom. The Balaban J connectivity index is 2.32. The highest BCUT2D eigenvalue weighted by Gasteiger charge is 2.16. The van der Waals surface area contributed by atoms with Gasteiger partial charge in [0.2, 0.25) is 0 Å². The minimum absolute atomic E-state index is 0.406. The Kier molecular flexibility index (Phi) is 4.42. The molecule has 0 fully saturated rings. The van der Waals surface area contributed by atoms with E-state index < -0.39 is 10.8 Å². The monoisotopic (exact) mass is 341 g/mol. The summed E-state index contributed by atoms with van der Waals surface area (Å²) in [5.41, 5.74) is 8.29. The molecule has 0 saturated carbocycles. The molecule has 4 nitrogen and oxygen atoms in total. The molecule has 0 radical (unpaired) electrons. The van der Waals surface area contributed by atoms with Crippen LogP contribution < -0.4 is 5.73 Å². The molecule has 0 bridgehead atoms. The van der Waals surface area contributed by atoms with Crippen LogP contribution in [0.3, 0.4) is 0 Å². The van der Waals surface area contributed by atoms with Gasteiger partial charge in [0.25, 0.3) is 0 Å². The van der Waals surface area contributed by atoms with Crippen molar-refractivity contribution < 1.29 is 4.21 Å². The van der Waals surface area contributed by atoms with Crippen molar-refractivity contribution in [2.45, 2.75) is 31.0 Å². The van der Waals surface area contributed by atoms with E-state index in [2.05, 4.69) is 21.0 Å². The van der Waals surface area contributed by atoms with Gasteiger partial charge in [0.1, 0.15) is 0 Å². The van der Waals surface area contributed by atoms with Gasteiger partial charge in [-0.3, -0.25) is 8.89 Å². The molecule has 1 unspecified atom stereocenters. The van der Waals surface area contributed by atoms with Gasteiger partial charge in [0.05, 0.1) is 37.3 Å². The summed E-state index contributed by atoms with van der Waals surface area (Å²) in [6.07, 6.45) is 0. The van der Waals surface area contributed by atoms with Crippen LogP contribution in [0.15, 0.2) is 33.6 Å². The van der Waals surface area contributed by atoms with Gasteiger partial charge in [-0.05, 0) is 41.9 Å². The number of para-hydroxylation sites is 1. The first-order valence-electron chi connectivity index (χ1n) is 5.99. The molecule has 2 rings (SSSR count). The first kappa shape index (κ1) is 14.3. The van der Waals surface area contributed by atoms with Gasteiger partial charge in [-0.15, -0.1) is 0 Å². The van der Waals surface area contributed by atoms with E-state index in [4.69, 9.17) is 5.73 Å². The highest BCUT2D eigenvalue weighted by atomic mass is 79.9. The number of benzene rings is 1. The molecule has 1 aromatic heterocycles. The molecule has 1 aromatic carbocycles. The topological polar surface area (TPSA) is 60.9 Å². The lowest BCUT2D eigenvalue weighted by Crippen LogP contribution is -2.07. The SMILES string of the molecule is CCn1nc(C)c(Br)c1CS(=O)c1ccccc1N. The summed E-state index contributed by atoms with van der Waals surface area (Å²) in [6.45, 7) is 4.70. The van der Waals surface area contributed by atoms with Crippen LogP contribution in [-0.4, -0.2) is 14.0 Å². The molecule has 0 aliphatic heterocycles. The van der Waals surface area contributed by atoms with Crippen LogP contribution in [0.4, 0.5) is 5.69 Å². The fourth-order valence-corrected chi connectivity index (χ4v) is 3.76. The lowest BCUT2D eigenvalue weighted by atomic mass is 10.3. The van der Waals surface area contributed by atoms with Crippen LogP contribution in [-0.2, 0) is 23.1 Å². The third-order valence-corrected chi connectivity index (χ3v) is 5.31. The van der Waals surface area contributed by atoms with Crippen LogP contribution in [0.5, 0.6) is 0 Å². The Labute approximate surface area is 123 Å². The second-order valence-electron chi connectivity index (χ2n) is 4.19. The van der Waals surface area contributed by atoms with Crippen molar-refractivity contribution >= 4 is 32.4 Å². The van der Waals surface area contributed by atoms with Crippen molar-refractivity contribution in [2.75, 3.05) is 5.73 Å². The molecule has 0 saturated heterocycles. The van der Waals surface area contributed by atoms with Gasteiger partial charge in [-0.1, -0.05) is 12.1 Å². The first-order chi connectivity index (χ1) is 9.04. The van der Waals surface area contributed by atoms with Gasteiger partial charge >= 0.3 is 0 Å². The second kappa shape index (κ2) is 5.88. The fraction of sp³-hybridized carbons (Fsp3) is 0.308. The third-order valence-electron chi connectivity index (χ3n) is 2.88. The van der Waals surface area contributed by atoms with Crippen molar-refractivity contribution in [2.24, 2.45) is 0 Å². The summed E-state index contributed by atoms with van der Waals surface area (Å²) in [4.78, 5) is 0.677. The molecule has 102 valence electrons. The Morgan fingerprint density at radius 2 is 2.11 bits per heavy atom. The van der Waals surface area contributed by atoms with Gasteiger partial charge < -0.3 is 5.73 Å². The average molecular weight is 342 g/mol. The number of aryl methyl sites for hydroxylation is 2. The number of nitrogens with zero attached hydrogens (tertiary/aromatic N) is 2. The maximum Gasteiger partial charge on any atom is 0.0739 e. The number of aromatic nitrogens is 2. The van der Waals surface area contributed by atoms with Crippen molar-refractivity contribution in [3.8, 4) is 0 Å². The van der Waals surface area contributed by atoms with Crippen LogP contribution in [0.2, 0.25) is 0 Å². The summed E-state index contributed by atoms with van der Waals surface area (Å²) in [6, 6.07) is 7.26. The Hall–Kier alpha value is -1.14. The first-order valence-corrected chi connectivity index (χ1v) is 8.10. The zero-order chi connectivity index (χ0) is 14.0. The molecule has 6 heteroatoms. The van der Waals surface area contributed by atoms with Gasteiger partial charge in [0.15, 0.2) is 0 Å². The lowest BCUT2D eigenvalue weighted by molar-refractivity contribution is 0.626. The van der Waals surface area contributed by atoms with E-state index >= 15 is 0 Å². The molecule has 0 spiro atoms. The molecule has 1 heterocycles. The van der Waals surface area contributed by atoms with Gasteiger partial charge in [-0.25, -0.2) is 0 Å². The van der Waals surface area contributed by atoms with Crippen LogP contribution in [0, 0.1) is 6.92 Å². The quantitative estimate of drug-likeness (QED) is 0.869. The van der Waals surface area contributed by atoms with E-state index in [1.807, 2.05) is 30.7 Å². The number of anilines is 1. The average Bonchev–Trinajstić information content (AvgIpc) is 2.67. The highest BCUT2D eigenvalue weighted by molar-refractivity contribution is 9.10. The fourth-order valence-electron chi connectivity index (χ4n) is 1.90. The summed E-state index contributed by atoms with van der Waals surface area (Å²) >= 11 is 3.51. The van der Waals surface area contributed by atoms with Gasteiger partial charge in [-0.2, -0.15) is 5.10 Å². The predicted molar refractivity (Wildman–Crippen MR) is 81.3 cm³/mol. The number of hydrogen-bond acceptors (Lipinski definition) is 3. The third kappa shape index (κ3) is 2.90. The molecule has 0 amide bonds. The molecular formula is C13H16BrN3OS. The number of hydrogen-bond donors (Lipinski definition) is 1.